The molecule has 0 aromatic carbocycles. The number of rotatable bonds is 3. The van der Waals surface area contributed by atoms with E-state index in [4.69, 9.17) is 4.74 Å². The zero-order valence-corrected chi connectivity index (χ0v) is 8.32. The van der Waals surface area contributed by atoms with Crippen LogP contribution in [0.25, 0.3) is 10.3 Å². The molecule has 0 atom stereocenters. The van der Waals surface area contributed by atoms with Crippen LogP contribution in [0.4, 0.5) is 0 Å². The number of methoxy groups -OCH3 is 1. The van der Waals surface area contributed by atoms with Crippen molar-refractivity contribution >= 4 is 21.7 Å². The lowest BCUT2D eigenvalue weighted by molar-refractivity contribution is 0.181. The molecule has 74 valence electrons. The van der Waals surface area contributed by atoms with Crippen LogP contribution < -0.4 is 5.56 Å². The van der Waals surface area contributed by atoms with Crippen LogP contribution in [-0.4, -0.2) is 33.7 Å². The summed E-state index contributed by atoms with van der Waals surface area (Å²) in [5, 5.41) is 7.63. The van der Waals surface area contributed by atoms with Crippen molar-refractivity contribution in [3.8, 4) is 0 Å². The first-order valence-corrected chi connectivity index (χ1v) is 4.87. The molecule has 0 saturated heterocycles. The van der Waals surface area contributed by atoms with Gasteiger partial charge in [-0.25, -0.2) is 9.67 Å². The quantitative estimate of drug-likeness (QED) is 0.710. The molecule has 0 saturated carbocycles. The largest absolute Gasteiger partial charge is 0.383 e. The van der Waals surface area contributed by atoms with Gasteiger partial charge in [0, 0.05) is 7.11 Å². The number of fused-ring (bicyclic) bond motifs is 1. The van der Waals surface area contributed by atoms with Gasteiger partial charge in [0.15, 0.2) is 10.3 Å². The van der Waals surface area contributed by atoms with E-state index in [2.05, 4.69) is 15.3 Å². The van der Waals surface area contributed by atoms with E-state index >= 15 is 0 Å². The van der Waals surface area contributed by atoms with E-state index in [1.54, 1.807) is 12.6 Å². The van der Waals surface area contributed by atoms with E-state index in [0.29, 0.717) is 23.5 Å². The third kappa shape index (κ3) is 1.51. The van der Waals surface area contributed by atoms with Crippen LogP contribution >= 0.6 is 11.3 Å². The lowest BCUT2D eigenvalue weighted by atomic mass is 10.6. The lowest BCUT2D eigenvalue weighted by Gasteiger charge is -2.00. The molecule has 2 aromatic rings. The second-order valence-corrected chi connectivity index (χ2v) is 3.45. The van der Waals surface area contributed by atoms with E-state index in [-0.39, 0.29) is 5.56 Å². The molecular weight excluding hydrogens is 204 g/mol. The normalized spacial score (nSPS) is 10.9. The molecule has 0 N–H and O–H groups in total. The van der Waals surface area contributed by atoms with Crippen LogP contribution in [0.3, 0.4) is 0 Å². The Labute approximate surface area is 83.1 Å². The summed E-state index contributed by atoms with van der Waals surface area (Å²) in [6.45, 7) is 0.833. The fourth-order valence-corrected chi connectivity index (χ4v) is 1.63. The maximum atomic E-state index is 11.6. The molecule has 6 nitrogen and oxygen atoms in total. The van der Waals surface area contributed by atoms with Gasteiger partial charge in [0.05, 0.1) is 18.7 Å². The van der Waals surface area contributed by atoms with Crippen molar-refractivity contribution in [2.24, 2.45) is 0 Å². The third-order valence-corrected chi connectivity index (χ3v) is 2.45. The van der Waals surface area contributed by atoms with Crippen molar-refractivity contribution in [2.75, 3.05) is 13.7 Å². The first kappa shape index (κ1) is 9.22. The van der Waals surface area contributed by atoms with Gasteiger partial charge in [-0.05, 0) is 0 Å². The van der Waals surface area contributed by atoms with Gasteiger partial charge in [-0.1, -0.05) is 5.21 Å². The highest BCUT2D eigenvalue weighted by atomic mass is 32.1. The average Bonchev–Trinajstić information content (AvgIpc) is 2.66. The lowest BCUT2D eigenvalue weighted by Crippen LogP contribution is -2.25. The van der Waals surface area contributed by atoms with Gasteiger partial charge in [0.1, 0.15) is 0 Å². The van der Waals surface area contributed by atoms with Crippen LogP contribution in [0.1, 0.15) is 0 Å². The van der Waals surface area contributed by atoms with Crippen molar-refractivity contribution in [3.05, 3.63) is 15.9 Å². The molecule has 2 rings (SSSR count). The van der Waals surface area contributed by atoms with Crippen molar-refractivity contribution in [1.82, 2.24) is 20.0 Å². The van der Waals surface area contributed by atoms with Gasteiger partial charge < -0.3 is 4.74 Å². The Balaban J connectivity index is 2.46. The minimum atomic E-state index is -0.215. The molecule has 0 radical (unpaired) electrons. The first-order chi connectivity index (χ1) is 6.83. The Hall–Kier alpha value is -1.34. The van der Waals surface area contributed by atoms with Crippen LogP contribution in [-0.2, 0) is 11.3 Å². The Morgan fingerprint density at radius 1 is 1.64 bits per heavy atom. The van der Waals surface area contributed by atoms with Crippen molar-refractivity contribution in [1.29, 1.82) is 0 Å². The standard InChI is InChI=1S/C7H8N4O2S/c1-13-3-2-11-7(12)5-6(9-10-11)14-4-8-5/h4H,2-3H2,1H3. The summed E-state index contributed by atoms with van der Waals surface area (Å²) in [5.41, 5.74) is 1.75. The summed E-state index contributed by atoms with van der Waals surface area (Å²) in [5.74, 6) is 0. The summed E-state index contributed by atoms with van der Waals surface area (Å²) in [6, 6.07) is 0. The van der Waals surface area contributed by atoms with Gasteiger partial charge in [-0.2, -0.15) is 0 Å². The number of aromatic nitrogens is 4. The summed E-state index contributed by atoms with van der Waals surface area (Å²) in [4.78, 5) is 16.1. The molecule has 0 spiro atoms. The smallest absolute Gasteiger partial charge is 0.297 e. The molecule has 0 amide bonds. The Bertz CT molecular complexity index is 492. The predicted octanol–water partition coefficient (Wildman–Crippen LogP) is -0.106. The fraction of sp³-hybridized carbons (Fsp3) is 0.429. The molecule has 0 aliphatic heterocycles. The highest BCUT2D eigenvalue weighted by Crippen LogP contribution is 2.07. The van der Waals surface area contributed by atoms with Crippen LogP contribution in [0.5, 0.6) is 0 Å². The van der Waals surface area contributed by atoms with Gasteiger partial charge >= 0.3 is 0 Å². The van der Waals surface area contributed by atoms with Gasteiger partial charge in [0.2, 0.25) is 0 Å². The van der Waals surface area contributed by atoms with E-state index in [9.17, 15) is 4.79 Å². The van der Waals surface area contributed by atoms with Crippen LogP contribution in [0.15, 0.2) is 10.3 Å². The molecule has 7 heteroatoms. The number of hydrogen-bond acceptors (Lipinski definition) is 6. The highest BCUT2D eigenvalue weighted by Gasteiger charge is 2.06. The maximum absolute atomic E-state index is 11.6. The monoisotopic (exact) mass is 212 g/mol. The predicted molar refractivity (Wildman–Crippen MR) is 51.3 cm³/mol. The second-order valence-electron chi connectivity index (χ2n) is 2.62. The summed E-state index contributed by atoms with van der Waals surface area (Å²) in [6.07, 6.45) is 0. The Kier molecular flexibility index (Phi) is 2.51. The molecule has 0 bridgehead atoms. The molecule has 0 aliphatic carbocycles. The number of thiazole rings is 1. The molecule has 0 unspecified atom stereocenters. The van der Waals surface area contributed by atoms with E-state index < -0.39 is 0 Å². The Morgan fingerprint density at radius 2 is 2.50 bits per heavy atom. The number of hydrogen-bond donors (Lipinski definition) is 0. The van der Waals surface area contributed by atoms with Gasteiger partial charge in [-0.15, -0.1) is 16.4 Å². The average molecular weight is 212 g/mol. The third-order valence-electron chi connectivity index (χ3n) is 1.74. The zero-order valence-electron chi connectivity index (χ0n) is 7.51. The van der Waals surface area contributed by atoms with E-state index in [0.717, 1.165) is 0 Å². The zero-order chi connectivity index (χ0) is 9.97. The molecule has 2 heterocycles. The topological polar surface area (TPSA) is 69.9 Å². The van der Waals surface area contributed by atoms with Crippen LogP contribution in [0, 0.1) is 0 Å². The van der Waals surface area contributed by atoms with E-state index in [1.807, 2.05) is 0 Å². The molecule has 14 heavy (non-hydrogen) atoms. The van der Waals surface area contributed by atoms with Crippen molar-refractivity contribution in [3.63, 3.8) is 0 Å². The summed E-state index contributed by atoms with van der Waals surface area (Å²) >= 11 is 1.30. The summed E-state index contributed by atoms with van der Waals surface area (Å²) < 4.78 is 6.10. The first-order valence-electron chi connectivity index (χ1n) is 3.99. The van der Waals surface area contributed by atoms with Gasteiger partial charge in [0.25, 0.3) is 5.56 Å². The Morgan fingerprint density at radius 3 is 3.29 bits per heavy atom. The SMILES string of the molecule is COCCn1nnc2scnc2c1=O. The van der Waals surface area contributed by atoms with Crippen LogP contribution in [0.2, 0.25) is 0 Å². The fourth-order valence-electron chi connectivity index (χ4n) is 1.04. The molecular formula is C7H8N4O2S. The van der Waals surface area contributed by atoms with Crippen molar-refractivity contribution < 1.29 is 4.74 Å². The molecule has 0 fully saturated rings. The minimum Gasteiger partial charge on any atom is -0.383 e. The van der Waals surface area contributed by atoms with E-state index in [1.165, 1.54) is 16.0 Å². The number of nitrogens with zero attached hydrogens (tertiary/aromatic N) is 4. The highest BCUT2D eigenvalue weighted by molar-refractivity contribution is 7.16. The minimum absolute atomic E-state index is 0.215. The maximum Gasteiger partial charge on any atom is 0.297 e. The summed E-state index contributed by atoms with van der Waals surface area (Å²) in [7, 11) is 1.57. The molecule has 2 aromatic heterocycles. The van der Waals surface area contributed by atoms with Gasteiger partial charge in [-0.3, -0.25) is 4.79 Å². The number of ether oxygens (including phenoxy) is 1. The van der Waals surface area contributed by atoms with Crippen molar-refractivity contribution in [2.45, 2.75) is 6.54 Å². The molecule has 0 aliphatic rings. The second kappa shape index (κ2) is 3.81.